The van der Waals surface area contributed by atoms with Crippen LogP contribution in [0.25, 0.3) is 86.9 Å². The lowest BCUT2D eigenvalue weighted by atomic mass is 9.98. The molecule has 0 amide bonds. The van der Waals surface area contributed by atoms with Gasteiger partial charge in [-0.25, -0.2) is 9.69 Å². The van der Waals surface area contributed by atoms with E-state index in [0.717, 1.165) is 55.4 Å². The fourth-order valence-corrected chi connectivity index (χ4v) is 7.35. The van der Waals surface area contributed by atoms with Gasteiger partial charge in [0.15, 0.2) is 5.69 Å². The smallest absolute Gasteiger partial charge is 0.211 e. The van der Waals surface area contributed by atoms with E-state index in [-0.39, 0.29) is 0 Å². The van der Waals surface area contributed by atoms with Gasteiger partial charge in [0.25, 0.3) is 0 Å². The number of nitriles is 1. The SMILES string of the molecule is [C-]#[N+]c1ccc2c3cc(C#N)ccc3n(-c3c([N+]#[C-])cccc3-c3ccc(-c4cccc(-n5c6ccccc6c6ccccc65)c4)cc3)c2c1. The van der Waals surface area contributed by atoms with Crippen LogP contribution in [0, 0.1) is 24.5 Å². The number of para-hydroxylation sites is 3. The molecule has 2 heterocycles. The Morgan fingerprint density at radius 2 is 1.16 bits per heavy atom. The van der Waals surface area contributed by atoms with E-state index in [4.69, 9.17) is 13.1 Å². The van der Waals surface area contributed by atoms with E-state index in [1.165, 1.54) is 21.8 Å². The molecule has 0 aliphatic rings. The zero-order valence-electron chi connectivity index (χ0n) is 26.7. The molecule has 0 fully saturated rings. The van der Waals surface area contributed by atoms with Gasteiger partial charge in [-0.1, -0.05) is 103 Å². The lowest BCUT2D eigenvalue weighted by Crippen LogP contribution is -1.98. The molecule has 230 valence electrons. The lowest BCUT2D eigenvalue weighted by Gasteiger charge is -2.17. The third-order valence-corrected chi connectivity index (χ3v) is 9.58. The molecule has 5 heteroatoms. The van der Waals surface area contributed by atoms with Crippen molar-refractivity contribution in [2.24, 2.45) is 0 Å². The molecular weight excluding hydrogens is 611 g/mol. The van der Waals surface area contributed by atoms with Gasteiger partial charge in [-0.05, 0) is 70.8 Å². The van der Waals surface area contributed by atoms with Crippen LogP contribution >= 0.6 is 0 Å². The maximum atomic E-state index is 9.66. The molecule has 0 spiro atoms. The van der Waals surface area contributed by atoms with Gasteiger partial charge in [-0.3, -0.25) is 0 Å². The van der Waals surface area contributed by atoms with Crippen LogP contribution in [0.4, 0.5) is 11.4 Å². The molecule has 9 aromatic rings. The molecule has 0 saturated heterocycles. The van der Waals surface area contributed by atoms with Gasteiger partial charge in [-0.15, -0.1) is 0 Å². The molecule has 0 aliphatic carbocycles. The van der Waals surface area contributed by atoms with Gasteiger partial charge >= 0.3 is 0 Å². The normalized spacial score (nSPS) is 11.1. The molecule has 7 aromatic carbocycles. The number of nitrogens with zero attached hydrogens (tertiary/aromatic N) is 5. The van der Waals surface area contributed by atoms with Crippen LogP contribution in [0.15, 0.2) is 152 Å². The largest absolute Gasteiger partial charge is 0.320 e. The van der Waals surface area contributed by atoms with Crippen LogP contribution in [-0.2, 0) is 0 Å². The highest BCUT2D eigenvalue weighted by Crippen LogP contribution is 2.42. The van der Waals surface area contributed by atoms with Crippen molar-refractivity contribution in [3.63, 3.8) is 0 Å². The average Bonchev–Trinajstić information content (AvgIpc) is 3.69. The summed E-state index contributed by atoms with van der Waals surface area (Å²) >= 11 is 0. The molecule has 0 radical (unpaired) electrons. The Morgan fingerprint density at radius 3 is 1.88 bits per heavy atom. The summed E-state index contributed by atoms with van der Waals surface area (Å²) in [4.78, 5) is 7.65. The lowest BCUT2D eigenvalue weighted by molar-refractivity contribution is 1.18. The second-order valence-corrected chi connectivity index (χ2v) is 12.3. The van der Waals surface area contributed by atoms with Crippen molar-refractivity contribution in [2.75, 3.05) is 0 Å². The Kier molecular flexibility index (Phi) is 6.56. The van der Waals surface area contributed by atoms with E-state index in [0.29, 0.717) is 16.9 Å². The summed E-state index contributed by atoms with van der Waals surface area (Å²) in [6.45, 7) is 15.8. The minimum Gasteiger partial charge on any atom is -0.320 e. The fraction of sp³-hybridized carbons (Fsp3) is 0. The fourth-order valence-electron chi connectivity index (χ4n) is 7.35. The third-order valence-electron chi connectivity index (χ3n) is 9.58. The van der Waals surface area contributed by atoms with Crippen LogP contribution in [0.1, 0.15) is 5.56 Å². The molecule has 0 aliphatic heterocycles. The zero-order chi connectivity index (χ0) is 33.8. The van der Waals surface area contributed by atoms with E-state index < -0.39 is 0 Å². The number of fused-ring (bicyclic) bond motifs is 6. The first-order valence-corrected chi connectivity index (χ1v) is 16.2. The second kappa shape index (κ2) is 11.4. The van der Waals surface area contributed by atoms with Crippen molar-refractivity contribution in [1.29, 1.82) is 5.26 Å². The van der Waals surface area contributed by atoms with Crippen LogP contribution in [-0.4, -0.2) is 9.13 Å². The summed E-state index contributed by atoms with van der Waals surface area (Å²) in [7, 11) is 0. The van der Waals surface area contributed by atoms with E-state index in [1.807, 2.05) is 42.5 Å². The number of hydrogen-bond donors (Lipinski definition) is 0. The highest BCUT2D eigenvalue weighted by atomic mass is 15.0. The van der Waals surface area contributed by atoms with Crippen LogP contribution in [0.2, 0.25) is 0 Å². The Morgan fingerprint density at radius 1 is 0.480 bits per heavy atom. The quantitative estimate of drug-likeness (QED) is 0.177. The molecule has 0 atom stereocenters. The van der Waals surface area contributed by atoms with Crippen molar-refractivity contribution in [2.45, 2.75) is 0 Å². The van der Waals surface area contributed by atoms with E-state index in [9.17, 15) is 5.26 Å². The first-order chi connectivity index (χ1) is 24.7. The molecule has 5 nitrogen and oxygen atoms in total. The minimum absolute atomic E-state index is 0.502. The highest BCUT2D eigenvalue weighted by Gasteiger charge is 2.20. The Labute approximate surface area is 288 Å². The van der Waals surface area contributed by atoms with Crippen LogP contribution in [0.5, 0.6) is 0 Å². The van der Waals surface area contributed by atoms with Gasteiger partial charge in [0, 0.05) is 32.7 Å². The summed E-state index contributed by atoms with van der Waals surface area (Å²) in [5, 5.41) is 14.0. The zero-order valence-corrected chi connectivity index (χ0v) is 26.7. The predicted octanol–water partition coefficient (Wildman–Crippen LogP) is 12.2. The van der Waals surface area contributed by atoms with Gasteiger partial charge < -0.3 is 9.13 Å². The monoisotopic (exact) mass is 635 g/mol. The molecule has 0 unspecified atom stereocenters. The Balaban J connectivity index is 1.19. The van der Waals surface area contributed by atoms with E-state index >= 15 is 0 Å². The maximum Gasteiger partial charge on any atom is 0.211 e. The first-order valence-electron chi connectivity index (χ1n) is 16.2. The highest BCUT2D eigenvalue weighted by molar-refractivity contribution is 6.12. The van der Waals surface area contributed by atoms with Gasteiger partial charge in [0.1, 0.15) is 0 Å². The summed E-state index contributed by atoms with van der Waals surface area (Å²) < 4.78 is 4.40. The topological polar surface area (TPSA) is 42.4 Å². The predicted molar refractivity (Wildman–Crippen MR) is 203 cm³/mol. The molecule has 9 rings (SSSR count). The van der Waals surface area contributed by atoms with Crippen molar-refractivity contribution in [1.82, 2.24) is 9.13 Å². The minimum atomic E-state index is 0.502. The van der Waals surface area contributed by atoms with Crippen molar-refractivity contribution in [3.8, 4) is 39.7 Å². The number of hydrogen-bond acceptors (Lipinski definition) is 1. The van der Waals surface area contributed by atoms with Gasteiger partial charge in [0.2, 0.25) is 5.69 Å². The third kappa shape index (κ3) is 4.38. The summed E-state index contributed by atoms with van der Waals surface area (Å²) in [6.07, 6.45) is 0. The summed E-state index contributed by atoms with van der Waals surface area (Å²) in [5.41, 5.74) is 11.5. The summed E-state index contributed by atoms with van der Waals surface area (Å²) in [5.74, 6) is 0. The second-order valence-electron chi connectivity index (χ2n) is 12.3. The van der Waals surface area contributed by atoms with Crippen molar-refractivity contribution in [3.05, 3.63) is 180 Å². The molecule has 0 saturated carbocycles. The van der Waals surface area contributed by atoms with Crippen LogP contribution < -0.4 is 0 Å². The molecule has 50 heavy (non-hydrogen) atoms. The van der Waals surface area contributed by atoms with Gasteiger partial charge in [-0.2, -0.15) is 5.26 Å². The number of benzene rings is 7. The van der Waals surface area contributed by atoms with E-state index in [2.05, 4.69) is 122 Å². The molecular formula is C45H25N5. The van der Waals surface area contributed by atoms with Crippen LogP contribution in [0.3, 0.4) is 0 Å². The first kappa shape index (κ1) is 28.8. The van der Waals surface area contributed by atoms with Crippen molar-refractivity contribution < 1.29 is 0 Å². The Bertz CT molecular complexity index is 2900. The summed E-state index contributed by atoms with van der Waals surface area (Å²) in [6, 6.07) is 53.5. The van der Waals surface area contributed by atoms with E-state index in [1.54, 1.807) is 12.1 Å². The standard InChI is InChI=1S/C45H25N5/c1-47-33-22-23-38-39-25-29(28-46)17-24-43(39)50(44(38)27-33)45-35(13-8-14-40(45)48-2)31-20-18-30(19-21-31)32-9-7-10-34(26-32)49-41-15-5-3-11-36(41)37-12-4-6-16-42(37)49/h3-27H. The van der Waals surface area contributed by atoms with Gasteiger partial charge in [0.05, 0.1) is 47.0 Å². The number of aromatic nitrogens is 2. The van der Waals surface area contributed by atoms with Crippen molar-refractivity contribution >= 4 is 55.0 Å². The molecule has 2 aromatic heterocycles. The Hall–Kier alpha value is -7.39. The maximum absolute atomic E-state index is 9.66. The molecule has 0 bridgehead atoms. The average molecular weight is 636 g/mol. The molecule has 0 N–H and O–H groups in total. The number of rotatable bonds is 4.